The van der Waals surface area contributed by atoms with Crippen LogP contribution in [0.4, 0.5) is 10.2 Å². The van der Waals surface area contributed by atoms with Crippen LogP contribution in [0.15, 0.2) is 61.1 Å². The molecule has 146 valence electrons. The number of aromatic nitrogens is 3. The Labute approximate surface area is 169 Å². The van der Waals surface area contributed by atoms with Crippen molar-refractivity contribution < 1.29 is 4.39 Å². The third-order valence-electron chi connectivity index (χ3n) is 5.71. The summed E-state index contributed by atoms with van der Waals surface area (Å²) < 4.78 is 15.6. The van der Waals surface area contributed by atoms with Crippen molar-refractivity contribution >= 4 is 16.9 Å². The SMILES string of the molecule is Cc1cccc(-n2cc(-c3ccc(F)cc3)c3c(NC4CCCC4)ncnc32)c1. The Kier molecular flexibility index (Phi) is 4.51. The second-order valence-electron chi connectivity index (χ2n) is 7.81. The zero-order valence-corrected chi connectivity index (χ0v) is 16.4. The van der Waals surface area contributed by atoms with E-state index in [-0.39, 0.29) is 5.82 Å². The number of nitrogens with zero attached hydrogens (tertiary/aromatic N) is 3. The fourth-order valence-electron chi connectivity index (χ4n) is 4.26. The standard InChI is InChI=1S/C24H23FN4/c1-16-5-4-8-20(13-16)29-14-21(17-9-11-18(25)12-10-17)22-23(26-15-27-24(22)29)28-19-6-2-3-7-19/h4-5,8-15,19H,2-3,6-7H2,1H3,(H,26,27,28). The highest BCUT2D eigenvalue weighted by Crippen LogP contribution is 2.36. The lowest BCUT2D eigenvalue weighted by Gasteiger charge is -2.14. The Morgan fingerprint density at radius 3 is 2.59 bits per heavy atom. The number of anilines is 1. The number of hydrogen-bond acceptors (Lipinski definition) is 3. The van der Waals surface area contributed by atoms with Crippen LogP contribution in [-0.4, -0.2) is 20.6 Å². The average molecular weight is 386 g/mol. The number of nitrogens with one attached hydrogen (secondary N) is 1. The van der Waals surface area contributed by atoms with Crippen molar-refractivity contribution in [1.29, 1.82) is 0 Å². The molecule has 0 bridgehead atoms. The molecular formula is C24H23FN4. The average Bonchev–Trinajstić information content (AvgIpc) is 3.37. The first-order valence-electron chi connectivity index (χ1n) is 10.1. The molecule has 1 aliphatic rings. The Balaban J connectivity index is 1.73. The summed E-state index contributed by atoms with van der Waals surface area (Å²) in [4.78, 5) is 9.21. The lowest BCUT2D eigenvalue weighted by molar-refractivity contribution is 0.628. The molecule has 0 atom stereocenters. The molecule has 0 aliphatic heterocycles. The van der Waals surface area contributed by atoms with Crippen LogP contribution < -0.4 is 5.32 Å². The minimum atomic E-state index is -0.239. The first-order chi connectivity index (χ1) is 14.2. The van der Waals surface area contributed by atoms with Crippen molar-refractivity contribution in [3.05, 3.63) is 72.4 Å². The molecule has 1 fully saturated rings. The van der Waals surface area contributed by atoms with E-state index >= 15 is 0 Å². The Hall–Kier alpha value is -3.21. The van der Waals surface area contributed by atoms with E-state index in [2.05, 4.69) is 51.2 Å². The molecule has 4 aromatic rings. The molecule has 4 nitrogen and oxygen atoms in total. The molecule has 29 heavy (non-hydrogen) atoms. The first-order valence-corrected chi connectivity index (χ1v) is 10.1. The number of benzene rings is 2. The van der Waals surface area contributed by atoms with Crippen LogP contribution in [0, 0.1) is 12.7 Å². The lowest BCUT2D eigenvalue weighted by atomic mass is 10.1. The maximum atomic E-state index is 13.5. The van der Waals surface area contributed by atoms with Crippen LogP contribution in [0.2, 0.25) is 0 Å². The molecular weight excluding hydrogens is 363 g/mol. The van der Waals surface area contributed by atoms with Crippen LogP contribution in [0.25, 0.3) is 27.8 Å². The van der Waals surface area contributed by atoms with Gasteiger partial charge < -0.3 is 9.88 Å². The largest absolute Gasteiger partial charge is 0.367 e. The molecule has 1 saturated carbocycles. The number of hydrogen-bond donors (Lipinski definition) is 1. The fourth-order valence-corrected chi connectivity index (χ4v) is 4.26. The van der Waals surface area contributed by atoms with Gasteiger partial charge in [-0.2, -0.15) is 0 Å². The highest BCUT2D eigenvalue weighted by atomic mass is 19.1. The van der Waals surface area contributed by atoms with Crippen molar-refractivity contribution in [2.24, 2.45) is 0 Å². The fraction of sp³-hybridized carbons (Fsp3) is 0.250. The van der Waals surface area contributed by atoms with Gasteiger partial charge in [0.2, 0.25) is 0 Å². The zero-order valence-electron chi connectivity index (χ0n) is 16.4. The Morgan fingerprint density at radius 1 is 1.03 bits per heavy atom. The second-order valence-corrected chi connectivity index (χ2v) is 7.81. The van der Waals surface area contributed by atoms with E-state index in [0.717, 1.165) is 46.5 Å². The van der Waals surface area contributed by atoms with Gasteiger partial charge >= 0.3 is 0 Å². The highest BCUT2D eigenvalue weighted by molar-refractivity contribution is 6.02. The number of fused-ring (bicyclic) bond motifs is 1. The smallest absolute Gasteiger partial charge is 0.150 e. The van der Waals surface area contributed by atoms with Gasteiger partial charge in [-0.05, 0) is 55.2 Å². The van der Waals surface area contributed by atoms with E-state index in [1.807, 2.05) is 18.2 Å². The molecule has 5 heteroatoms. The maximum Gasteiger partial charge on any atom is 0.150 e. The molecule has 2 aromatic carbocycles. The zero-order chi connectivity index (χ0) is 19.8. The molecule has 1 aliphatic carbocycles. The predicted molar refractivity (Wildman–Crippen MR) is 115 cm³/mol. The van der Waals surface area contributed by atoms with E-state index in [4.69, 9.17) is 0 Å². The predicted octanol–water partition coefficient (Wildman–Crippen LogP) is 5.89. The van der Waals surface area contributed by atoms with Crippen LogP contribution in [0.3, 0.4) is 0 Å². The summed E-state index contributed by atoms with van der Waals surface area (Å²) in [5, 5.41) is 4.62. The summed E-state index contributed by atoms with van der Waals surface area (Å²) in [5.41, 5.74) is 5.04. The highest BCUT2D eigenvalue weighted by Gasteiger charge is 2.21. The normalized spacial score (nSPS) is 14.6. The molecule has 0 unspecified atom stereocenters. The summed E-state index contributed by atoms with van der Waals surface area (Å²) >= 11 is 0. The van der Waals surface area contributed by atoms with E-state index in [1.165, 1.54) is 30.5 Å². The van der Waals surface area contributed by atoms with E-state index in [1.54, 1.807) is 6.33 Å². The Bertz CT molecular complexity index is 1160. The minimum Gasteiger partial charge on any atom is -0.367 e. The summed E-state index contributed by atoms with van der Waals surface area (Å²) in [6, 6.07) is 15.4. The van der Waals surface area contributed by atoms with Gasteiger partial charge in [-0.3, -0.25) is 0 Å². The van der Waals surface area contributed by atoms with E-state index in [9.17, 15) is 4.39 Å². The third kappa shape index (κ3) is 3.37. The maximum absolute atomic E-state index is 13.5. The molecule has 0 spiro atoms. The quantitative estimate of drug-likeness (QED) is 0.475. The van der Waals surface area contributed by atoms with Gasteiger partial charge in [0.1, 0.15) is 18.0 Å². The summed E-state index contributed by atoms with van der Waals surface area (Å²) in [7, 11) is 0. The lowest BCUT2D eigenvalue weighted by Crippen LogP contribution is -2.15. The van der Waals surface area contributed by atoms with E-state index in [0.29, 0.717) is 6.04 Å². The number of halogens is 1. The number of rotatable bonds is 4. The van der Waals surface area contributed by atoms with Gasteiger partial charge in [-0.25, -0.2) is 14.4 Å². The summed E-state index contributed by atoms with van der Waals surface area (Å²) in [5.74, 6) is 0.615. The minimum absolute atomic E-state index is 0.239. The van der Waals surface area contributed by atoms with Crippen molar-refractivity contribution in [2.45, 2.75) is 38.6 Å². The van der Waals surface area contributed by atoms with Gasteiger partial charge in [-0.1, -0.05) is 37.1 Å². The van der Waals surface area contributed by atoms with Gasteiger partial charge in [0.25, 0.3) is 0 Å². The Morgan fingerprint density at radius 2 is 1.83 bits per heavy atom. The monoisotopic (exact) mass is 386 g/mol. The van der Waals surface area contributed by atoms with Crippen molar-refractivity contribution in [3.8, 4) is 16.8 Å². The van der Waals surface area contributed by atoms with Crippen molar-refractivity contribution in [1.82, 2.24) is 14.5 Å². The van der Waals surface area contributed by atoms with Crippen LogP contribution in [0.5, 0.6) is 0 Å². The molecule has 1 N–H and O–H groups in total. The van der Waals surface area contributed by atoms with Crippen molar-refractivity contribution in [3.63, 3.8) is 0 Å². The van der Waals surface area contributed by atoms with Crippen LogP contribution in [0.1, 0.15) is 31.2 Å². The van der Waals surface area contributed by atoms with Gasteiger partial charge in [0, 0.05) is 23.5 Å². The molecule has 0 saturated heterocycles. The van der Waals surface area contributed by atoms with E-state index < -0.39 is 0 Å². The van der Waals surface area contributed by atoms with Gasteiger partial charge in [0.15, 0.2) is 5.65 Å². The molecule has 2 aromatic heterocycles. The molecule has 2 heterocycles. The topological polar surface area (TPSA) is 42.7 Å². The molecule has 5 rings (SSSR count). The second kappa shape index (κ2) is 7.32. The number of aryl methyl sites for hydroxylation is 1. The van der Waals surface area contributed by atoms with Gasteiger partial charge in [-0.15, -0.1) is 0 Å². The van der Waals surface area contributed by atoms with Crippen LogP contribution in [-0.2, 0) is 0 Å². The van der Waals surface area contributed by atoms with Gasteiger partial charge in [0.05, 0.1) is 5.39 Å². The van der Waals surface area contributed by atoms with Crippen molar-refractivity contribution in [2.75, 3.05) is 5.32 Å². The van der Waals surface area contributed by atoms with Crippen LogP contribution >= 0.6 is 0 Å². The molecule has 0 amide bonds. The summed E-state index contributed by atoms with van der Waals surface area (Å²) in [6.45, 7) is 2.08. The molecule has 0 radical (unpaired) electrons. The third-order valence-corrected chi connectivity index (χ3v) is 5.71. The first kappa shape index (κ1) is 17.9. The summed E-state index contributed by atoms with van der Waals surface area (Å²) in [6.07, 6.45) is 8.54.